The molecule has 0 bridgehead atoms. The van der Waals surface area contributed by atoms with Gasteiger partial charge in [0.05, 0.1) is 31.2 Å². The fourth-order valence-corrected chi connectivity index (χ4v) is 3.74. The van der Waals surface area contributed by atoms with E-state index in [1.807, 2.05) is 31.0 Å². The summed E-state index contributed by atoms with van der Waals surface area (Å²) in [5.41, 5.74) is 3.42. The standard InChI is InChI=1S/C23H28N2O5/c1-15(7-6-12-26)10-11-25-18-13-16(27)14-20(30-4)22(18)24(2)21-17(23(25)28)8-5-9-19(21)29-3/h5,8-10,13-14,26-27H,6-7,11-12H2,1-4H3/b15-10+. The molecule has 0 atom stereocenters. The van der Waals surface area contributed by atoms with Crippen LogP contribution in [0.4, 0.5) is 17.1 Å². The first-order valence-corrected chi connectivity index (χ1v) is 9.83. The van der Waals surface area contributed by atoms with E-state index in [1.54, 1.807) is 30.2 Å². The quantitative estimate of drug-likeness (QED) is 0.672. The van der Waals surface area contributed by atoms with Crippen molar-refractivity contribution in [2.75, 3.05) is 44.2 Å². The molecular formula is C23H28N2O5. The molecule has 0 aliphatic carbocycles. The number of methoxy groups -OCH3 is 2. The normalized spacial score (nSPS) is 13.6. The summed E-state index contributed by atoms with van der Waals surface area (Å²) < 4.78 is 11.1. The van der Waals surface area contributed by atoms with E-state index in [4.69, 9.17) is 14.6 Å². The van der Waals surface area contributed by atoms with Crippen LogP contribution < -0.4 is 19.3 Å². The fraction of sp³-hybridized carbons (Fsp3) is 0.348. The van der Waals surface area contributed by atoms with Gasteiger partial charge in [0.25, 0.3) is 5.91 Å². The lowest BCUT2D eigenvalue weighted by molar-refractivity contribution is 0.0990. The minimum Gasteiger partial charge on any atom is -0.508 e. The highest BCUT2D eigenvalue weighted by atomic mass is 16.5. The molecule has 7 nitrogen and oxygen atoms in total. The predicted molar refractivity (Wildman–Crippen MR) is 117 cm³/mol. The molecule has 2 aromatic rings. The molecule has 0 fully saturated rings. The van der Waals surface area contributed by atoms with Gasteiger partial charge in [-0.1, -0.05) is 17.7 Å². The third-order valence-electron chi connectivity index (χ3n) is 5.27. The number of anilines is 3. The molecule has 0 spiro atoms. The summed E-state index contributed by atoms with van der Waals surface area (Å²) in [5, 5.41) is 19.4. The first kappa shape index (κ1) is 21.5. The number of aliphatic hydroxyl groups excluding tert-OH is 1. The third kappa shape index (κ3) is 3.93. The highest BCUT2D eigenvalue weighted by molar-refractivity contribution is 6.15. The van der Waals surface area contributed by atoms with Gasteiger partial charge in [0.2, 0.25) is 0 Å². The van der Waals surface area contributed by atoms with Crippen molar-refractivity contribution in [3.05, 3.63) is 47.5 Å². The van der Waals surface area contributed by atoms with Crippen LogP contribution in [0.5, 0.6) is 17.2 Å². The van der Waals surface area contributed by atoms with E-state index < -0.39 is 0 Å². The average Bonchev–Trinajstić information content (AvgIpc) is 2.83. The molecule has 30 heavy (non-hydrogen) atoms. The smallest absolute Gasteiger partial charge is 0.260 e. The molecule has 1 amide bonds. The van der Waals surface area contributed by atoms with Gasteiger partial charge in [-0.15, -0.1) is 0 Å². The summed E-state index contributed by atoms with van der Waals surface area (Å²) in [5.74, 6) is 0.829. The number of fused-ring (bicyclic) bond motifs is 2. The van der Waals surface area contributed by atoms with Crippen molar-refractivity contribution in [3.8, 4) is 17.2 Å². The number of carbonyl (C=O) groups excluding carboxylic acids is 1. The average molecular weight is 412 g/mol. The molecule has 160 valence electrons. The fourth-order valence-electron chi connectivity index (χ4n) is 3.74. The van der Waals surface area contributed by atoms with Gasteiger partial charge in [0, 0.05) is 32.3 Å². The maximum absolute atomic E-state index is 13.6. The largest absolute Gasteiger partial charge is 0.508 e. The Morgan fingerprint density at radius 3 is 2.53 bits per heavy atom. The molecule has 0 unspecified atom stereocenters. The van der Waals surface area contributed by atoms with Crippen LogP contribution in [0.3, 0.4) is 0 Å². The number of carbonyl (C=O) groups is 1. The monoisotopic (exact) mass is 412 g/mol. The summed E-state index contributed by atoms with van der Waals surface area (Å²) in [6, 6.07) is 8.46. The van der Waals surface area contributed by atoms with Crippen molar-refractivity contribution in [3.63, 3.8) is 0 Å². The highest BCUT2D eigenvalue weighted by Crippen LogP contribution is 2.49. The Morgan fingerprint density at radius 2 is 1.87 bits per heavy atom. The van der Waals surface area contributed by atoms with Crippen molar-refractivity contribution < 1.29 is 24.5 Å². The number of allylic oxidation sites excluding steroid dienone is 1. The van der Waals surface area contributed by atoms with Gasteiger partial charge < -0.3 is 29.5 Å². The molecule has 1 aliphatic rings. The SMILES string of the molecule is COc1cccc2c1N(C)c1c(OC)cc(O)cc1N(C/C=C(\C)CCCO)C2=O. The van der Waals surface area contributed by atoms with Crippen LogP contribution in [0.25, 0.3) is 0 Å². The molecule has 0 saturated carbocycles. The number of benzene rings is 2. The van der Waals surface area contributed by atoms with E-state index in [1.165, 1.54) is 13.2 Å². The lowest BCUT2D eigenvalue weighted by Gasteiger charge is -2.26. The van der Waals surface area contributed by atoms with Gasteiger partial charge in [-0.05, 0) is 31.9 Å². The topological polar surface area (TPSA) is 82.5 Å². The molecule has 2 N–H and O–H groups in total. The Kier molecular flexibility index (Phi) is 6.52. The molecule has 1 aliphatic heterocycles. The lowest BCUT2D eigenvalue weighted by Crippen LogP contribution is -2.30. The number of ether oxygens (including phenoxy) is 2. The van der Waals surface area contributed by atoms with E-state index in [0.29, 0.717) is 47.1 Å². The summed E-state index contributed by atoms with van der Waals surface area (Å²) in [6.45, 7) is 2.42. The second kappa shape index (κ2) is 9.09. The van der Waals surface area contributed by atoms with Crippen LogP contribution in [0.1, 0.15) is 30.1 Å². The maximum Gasteiger partial charge on any atom is 0.260 e. The van der Waals surface area contributed by atoms with E-state index in [-0.39, 0.29) is 18.3 Å². The van der Waals surface area contributed by atoms with Gasteiger partial charge in [0.15, 0.2) is 0 Å². The van der Waals surface area contributed by atoms with Crippen LogP contribution in [-0.2, 0) is 0 Å². The molecule has 7 heteroatoms. The van der Waals surface area contributed by atoms with Crippen LogP contribution in [0.15, 0.2) is 42.0 Å². The minimum absolute atomic E-state index is 0.00991. The predicted octanol–water partition coefficient (Wildman–Crippen LogP) is 3.86. The number of nitrogens with zero attached hydrogens (tertiary/aromatic N) is 2. The number of hydrogen-bond acceptors (Lipinski definition) is 6. The zero-order valence-corrected chi connectivity index (χ0v) is 17.8. The number of amides is 1. The number of rotatable bonds is 7. The zero-order valence-electron chi connectivity index (χ0n) is 17.8. The zero-order chi connectivity index (χ0) is 21.8. The Hall–Kier alpha value is -3.19. The third-order valence-corrected chi connectivity index (χ3v) is 5.27. The van der Waals surface area contributed by atoms with E-state index in [9.17, 15) is 9.90 Å². The van der Waals surface area contributed by atoms with Gasteiger partial charge in [-0.3, -0.25) is 4.79 Å². The second-order valence-corrected chi connectivity index (χ2v) is 7.22. The molecule has 0 saturated heterocycles. The number of phenolic OH excluding ortho intramolecular Hbond substituents is 1. The number of phenols is 1. The second-order valence-electron chi connectivity index (χ2n) is 7.22. The molecule has 3 rings (SSSR count). The minimum atomic E-state index is -0.201. The van der Waals surface area contributed by atoms with Crippen LogP contribution >= 0.6 is 0 Å². The summed E-state index contributed by atoms with van der Waals surface area (Å²) in [6.07, 6.45) is 3.39. The Labute approximate surface area is 176 Å². The van der Waals surface area contributed by atoms with Crippen molar-refractivity contribution in [2.45, 2.75) is 19.8 Å². The Bertz CT molecular complexity index is 970. The molecule has 0 radical (unpaired) electrons. The molecule has 1 heterocycles. The van der Waals surface area contributed by atoms with Crippen molar-refractivity contribution >= 4 is 23.0 Å². The number of aliphatic hydroxyl groups is 1. The Morgan fingerprint density at radius 1 is 1.13 bits per heavy atom. The number of para-hydroxylation sites is 1. The van der Waals surface area contributed by atoms with Crippen LogP contribution in [0, 0.1) is 0 Å². The summed E-state index contributed by atoms with van der Waals surface area (Å²) in [4.78, 5) is 17.1. The molecular weight excluding hydrogens is 384 g/mol. The van der Waals surface area contributed by atoms with Gasteiger partial charge in [-0.25, -0.2) is 0 Å². The van der Waals surface area contributed by atoms with Crippen molar-refractivity contribution in [1.29, 1.82) is 0 Å². The number of hydrogen-bond donors (Lipinski definition) is 2. The first-order valence-electron chi connectivity index (χ1n) is 9.83. The lowest BCUT2D eigenvalue weighted by atomic mass is 10.1. The van der Waals surface area contributed by atoms with Crippen molar-refractivity contribution in [2.24, 2.45) is 0 Å². The molecule has 0 aromatic heterocycles. The van der Waals surface area contributed by atoms with Gasteiger partial charge in [0.1, 0.15) is 22.9 Å². The first-order chi connectivity index (χ1) is 14.4. The van der Waals surface area contributed by atoms with Crippen molar-refractivity contribution in [1.82, 2.24) is 0 Å². The van der Waals surface area contributed by atoms with Crippen LogP contribution in [-0.4, -0.2) is 50.5 Å². The highest BCUT2D eigenvalue weighted by Gasteiger charge is 2.33. The summed E-state index contributed by atoms with van der Waals surface area (Å²) in [7, 11) is 4.94. The maximum atomic E-state index is 13.6. The van der Waals surface area contributed by atoms with Gasteiger partial charge in [-0.2, -0.15) is 0 Å². The molecule has 2 aromatic carbocycles. The summed E-state index contributed by atoms with van der Waals surface area (Å²) >= 11 is 0. The van der Waals surface area contributed by atoms with Crippen LogP contribution in [0.2, 0.25) is 0 Å². The van der Waals surface area contributed by atoms with Gasteiger partial charge >= 0.3 is 0 Å². The Balaban J connectivity index is 2.21. The van der Waals surface area contributed by atoms with E-state index in [0.717, 1.165) is 12.0 Å². The van der Waals surface area contributed by atoms with E-state index >= 15 is 0 Å². The number of aromatic hydroxyl groups is 1. The van der Waals surface area contributed by atoms with E-state index in [2.05, 4.69) is 0 Å².